The number of nitrogens with zero attached hydrogens (tertiary/aromatic N) is 1. The average Bonchev–Trinajstić information content (AvgIpc) is 2.92. The van der Waals surface area contributed by atoms with Crippen LogP contribution in [0.3, 0.4) is 0 Å². The highest BCUT2D eigenvalue weighted by Crippen LogP contribution is 2.15. The van der Waals surface area contributed by atoms with Gasteiger partial charge in [-0.3, -0.25) is 0 Å². The van der Waals surface area contributed by atoms with Gasteiger partial charge in [-0.1, -0.05) is 72.8 Å². The SMILES string of the molecule is CCOC(Cc1ccc(OCCN(CCCc2ccccc2)C(=O)OCc2ccccc2)cc1)C(=O)O. The number of ether oxygens (including phenoxy) is 3. The molecule has 0 aromatic heterocycles. The van der Waals surface area contributed by atoms with E-state index in [1.807, 2.05) is 60.7 Å². The lowest BCUT2D eigenvalue weighted by molar-refractivity contribution is -0.149. The summed E-state index contributed by atoms with van der Waals surface area (Å²) < 4.78 is 16.7. The van der Waals surface area contributed by atoms with Crippen LogP contribution in [-0.4, -0.2) is 54.5 Å². The molecule has 0 heterocycles. The van der Waals surface area contributed by atoms with E-state index in [0.717, 1.165) is 24.0 Å². The van der Waals surface area contributed by atoms with Crippen LogP contribution in [-0.2, 0) is 33.7 Å². The number of carbonyl (C=O) groups is 2. The van der Waals surface area contributed by atoms with Gasteiger partial charge in [0, 0.05) is 19.6 Å². The molecule has 0 aliphatic carbocycles. The minimum absolute atomic E-state index is 0.219. The highest BCUT2D eigenvalue weighted by Gasteiger charge is 2.18. The Morgan fingerprint density at radius 2 is 1.49 bits per heavy atom. The number of hydrogen-bond acceptors (Lipinski definition) is 5. The molecule has 1 amide bonds. The Morgan fingerprint density at radius 1 is 0.838 bits per heavy atom. The summed E-state index contributed by atoms with van der Waals surface area (Å²) in [6.45, 7) is 3.58. The van der Waals surface area contributed by atoms with Crippen LogP contribution in [0.15, 0.2) is 84.9 Å². The van der Waals surface area contributed by atoms with Crippen LogP contribution in [0.1, 0.15) is 30.0 Å². The fraction of sp³-hybridized carbons (Fsp3) is 0.333. The van der Waals surface area contributed by atoms with Crippen molar-refractivity contribution in [3.63, 3.8) is 0 Å². The van der Waals surface area contributed by atoms with Crippen LogP contribution in [0.5, 0.6) is 5.75 Å². The van der Waals surface area contributed by atoms with E-state index in [-0.39, 0.29) is 19.1 Å². The second kappa shape index (κ2) is 15.3. The first-order valence-electron chi connectivity index (χ1n) is 12.6. The fourth-order valence-electron chi connectivity index (χ4n) is 3.85. The summed E-state index contributed by atoms with van der Waals surface area (Å²) in [7, 11) is 0. The monoisotopic (exact) mass is 505 g/mol. The van der Waals surface area contributed by atoms with Crippen molar-refractivity contribution in [3.8, 4) is 5.75 Å². The predicted octanol–water partition coefficient (Wildman–Crippen LogP) is 5.37. The van der Waals surface area contributed by atoms with Gasteiger partial charge in [-0.05, 0) is 48.6 Å². The largest absolute Gasteiger partial charge is 0.492 e. The molecule has 3 aromatic carbocycles. The highest BCUT2D eigenvalue weighted by atomic mass is 16.6. The minimum atomic E-state index is -0.978. The molecular formula is C30H35NO6. The van der Waals surface area contributed by atoms with Crippen LogP contribution in [0.2, 0.25) is 0 Å². The van der Waals surface area contributed by atoms with E-state index in [1.54, 1.807) is 24.0 Å². The Kier molecular flexibility index (Phi) is 11.5. The number of rotatable bonds is 15. The standard InChI is InChI=1S/C30H35NO6/c1-2-35-28(29(32)33)22-25-15-17-27(18-16-25)36-21-20-31(19-9-14-24-10-5-3-6-11-24)30(34)37-23-26-12-7-4-8-13-26/h3-8,10-13,15-18,28H,2,9,14,19-23H2,1H3,(H,32,33). The van der Waals surface area contributed by atoms with Crippen LogP contribution >= 0.6 is 0 Å². The normalized spacial score (nSPS) is 11.5. The van der Waals surface area contributed by atoms with Crippen LogP contribution in [0.25, 0.3) is 0 Å². The Balaban J connectivity index is 1.52. The molecule has 7 nitrogen and oxygen atoms in total. The van der Waals surface area contributed by atoms with Crippen molar-refractivity contribution < 1.29 is 28.9 Å². The molecule has 1 N–H and O–H groups in total. The molecule has 196 valence electrons. The molecule has 1 unspecified atom stereocenters. The lowest BCUT2D eigenvalue weighted by Gasteiger charge is -2.22. The van der Waals surface area contributed by atoms with Gasteiger partial charge in [0.15, 0.2) is 6.10 Å². The second-order valence-corrected chi connectivity index (χ2v) is 8.60. The van der Waals surface area contributed by atoms with Crippen LogP contribution in [0.4, 0.5) is 4.79 Å². The zero-order valence-corrected chi connectivity index (χ0v) is 21.3. The molecule has 7 heteroatoms. The third-order valence-corrected chi connectivity index (χ3v) is 5.82. The summed E-state index contributed by atoms with van der Waals surface area (Å²) in [6.07, 6.45) is 0.718. The number of benzene rings is 3. The first-order chi connectivity index (χ1) is 18.0. The Bertz CT molecular complexity index is 1070. The van der Waals surface area contributed by atoms with Crippen molar-refractivity contribution >= 4 is 12.1 Å². The quantitative estimate of drug-likeness (QED) is 0.299. The molecule has 0 fully saturated rings. The van der Waals surface area contributed by atoms with Gasteiger partial charge in [-0.2, -0.15) is 0 Å². The molecule has 37 heavy (non-hydrogen) atoms. The van der Waals surface area contributed by atoms with E-state index in [2.05, 4.69) is 12.1 Å². The molecule has 0 aliphatic rings. The van der Waals surface area contributed by atoms with Crippen molar-refractivity contribution in [2.45, 2.75) is 38.9 Å². The van der Waals surface area contributed by atoms with Crippen molar-refractivity contribution in [3.05, 3.63) is 102 Å². The molecule has 3 rings (SSSR count). The van der Waals surface area contributed by atoms with Gasteiger partial charge in [-0.15, -0.1) is 0 Å². The summed E-state index contributed by atoms with van der Waals surface area (Å²) in [4.78, 5) is 25.8. The highest BCUT2D eigenvalue weighted by molar-refractivity contribution is 5.72. The lowest BCUT2D eigenvalue weighted by atomic mass is 10.1. The smallest absolute Gasteiger partial charge is 0.410 e. The summed E-state index contributed by atoms with van der Waals surface area (Å²) in [5.41, 5.74) is 3.01. The zero-order chi connectivity index (χ0) is 26.3. The van der Waals surface area contributed by atoms with Crippen molar-refractivity contribution in [2.75, 3.05) is 26.3 Å². The number of carboxylic acid groups (broad SMARTS) is 1. The van der Waals surface area contributed by atoms with E-state index in [4.69, 9.17) is 14.2 Å². The lowest BCUT2D eigenvalue weighted by Crippen LogP contribution is -2.36. The first-order valence-corrected chi connectivity index (χ1v) is 12.6. The number of carboxylic acids is 1. The molecule has 3 aromatic rings. The molecule has 0 spiro atoms. The van der Waals surface area contributed by atoms with Gasteiger partial charge < -0.3 is 24.2 Å². The van der Waals surface area contributed by atoms with E-state index >= 15 is 0 Å². The molecule has 0 saturated carbocycles. The summed E-state index contributed by atoms with van der Waals surface area (Å²) in [6, 6.07) is 27.0. The first kappa shape index (κ1) is 27.7. The number of carbonyl (C=O) groups excluding carboxylic acids is 1. The maximum absolute atomic E-state index is 12.8. The fourth-order valence-corrected chi connectivity index (χ4v) is 3.85. The van der Waals surface area contributed by atoms with Gasteiger partial charge >= 0.3 is 12.1 Å². The average molecular weight is 506 g/mol. The third kappa shape index (κ3) is 9.97. The van der Waals surface area contributed by atoms with Crippen LogP contribution in [0, 0.1) is 0 Å². The maximum atomic E-state index is 12.8. The van der Waals surface area contributed by atoms with Crippen molar-refractivity contribution in [1.29, 1.82) is 0 Å². The van der Waals surface area contributed by atoms with Gasteiger partial charge in [-0.25, -0.2) is 9.59 Å². The van der Waals surface area contributed by atoms with Crippen molar-refractivity contribution in [1.82, 2.24) is 4.90 Å². The topological polar surface area (TPSA) is 85.3 Å². The second-order valence-electron chi connectivity index (χ2n) is 8.60. The van der Waals surface area contributed by atoms with Crippen LogP contribution < -0.4 is 4.74 Å². The number of hydrogen-bond donors (Lipinski definition) is 1. The number of aryl methyl sites for hydroxylation is 1. The number of aliphatic carboxylic acids is 1. The summed E-state index contributed by atoms with van der Waals surface area (Å²) >= 11 is 0. The molecule has 0 saturated heterocycles. The Hall–Kier alpha value is -3.84. The molecule has 0 radical (unpaired) electrons. The van der Waals surface area contributed by atoms with E-state index in [9.17, 15) is 14.7 Å². The van der Waals surface area contributed by atoms with Gasteiger partial charge in [0.05, 0.1) is 6.54 Å². The van der Waals surface area contributed by atoms with E-state index in [0.29, 0.717) is 32.1 Å². The maximum Gasteiger partial charge on any atom is 0.410 e. The zero-order valence-electron chi connectivity index (χ0n) is 21.3. The molecule has 0 bridgehead atoms. The van der Waals surface area contributed by atoms with Gasteiger partial charge in [0.2, 0.25) is 0 Å². The number of amides is 1. The van der Waals surface area contributed by atoms with E-state index < -0.39 is 12.1 Å². The summed E-state index contributed by atoms with van der Waals surface area (Å²) in [5, 5.41) is 9.27. The van der Waals surface area contributed by atoms with Gasteiger partial charge in [0.25, 0.3) is 0 Å². The minimum Gasteiger partial charge on any atom is -0.492 e. The Labute approximate surface area is 218 Å². The Morgan fingerprint density at radius 3 is 2.11 bits per heavy atom. The van der Waals surface area contributed by atoms with E-state index in [1.165, 1.54) is 5.56 Å². The molecule has 0 aliphatic heterocycles. The third-order valence-electron chi connectivity index (χ3n) is 5.82. The summed E-state index contributed by atoms with van der Waals surface area (Å²) in [5.74, 6) is -0.331. The molecular weight excluding hydrogens is 470 g/mol. The molecule has 1 atom stereocenters. The predicted molar refractivity (Wildman–Crippen MR) is 142 cm³/mol. The van der Waals surface area contributed by atoms with Gasteiger partial charge in [0.1, 0.15) is 19.0 Å². The van der Waals surface area contributed by atoms with Crippen molar-refractivity contribution in [2.24, 2.45) is 0 Å².